The van der Waals surface area contributed by atoms with Crippen LogP contribution in [0.5, 0.6) is 0 Å². The summed E-state index contributed by atoms with van der Waals surface area (Å²) in [6.45, 7) is 5.74. The Kier molecular flexibility index (Phi) is 7.29. The van der Waals surface area contributed by atoms with E-state index in [0.29, 0.717) is 32.0 Å². The van der Waals surface area contributed by atoms with E-state index in [-0.39, 0.29) is 65.1 Å². The zero-order valence-electron chi connectivity index (χ0n) is 16.5. The van der Waals surface area contributed by atoms with E-state index in [4.69, 9.17) is 4.74 Å². The molecule has 0 aromatic heterocycles. The van der Waals surface area contributed by atoms with Gasteiger partial charge in [-0.25, -0.2) is 0 Å². The quantitative estimate of drug-likeness (QED) is 0.141. The summed E-state index contributed by atoms with van der Waals surface area (Å²) in [7, 11) is 3.39. The van der Waals surface area contributed by atoms with Crippen molar-refractivity contribution in [1.82, 2.24) is 15.5 Å². The Labute approximate surface area is 178 Å². The van der Waals surface area contributed by atoms with Crippen molar-refractivity contribution in [3.05, 3.63) is 12.2 Å². The molecule has 0 spiro atoms. The molecule has 3 aliphatic rings. The fraction of sp³-hybridized carbons (Fsp3) is 0.737. The van der Waals surface area contributed by atoms with Gasteiger partial charge < -0.3 is 15.4 Å². The van der Waals surface area contributed by atoms with Crippen LogP contribution in [-0.2, 0) is 14.3 Å². The number of nitrogens with zero attached hydrogens (tertiary/aromatic N) is 2. The summed E-state index contributed by atoms with van der Waals surface area (Å²) in [5, 5.41) is 6.44. The monoisotopic (exact) mass is 490 g/mol. The number of carbonyl (C=O) groups excluding carboxylic acids is 2. The number of nitrogens with one attached hydrogen (secondary N) is 2. The molecule has 152 valence electrons. The average molecular weight is 490 g/mol. The molecule has 2 N–H and O–H groups in total. The van der Waals surface area contributed by atoms with Crippen molar-refractivity contribution >= 4 is 41.8 Å². The minimum atomic E-state index is -0.281. The van der Waals surface area contributed by atoms with Crippen LogP contribution in [0.15, 0.2) is 17.1 Å². The number of rotatable bonds is 7. The molecule has 2 bridgehead atoms. The van der Waals surface area contributed by atoms with Crippen LogP contribution in [-0.4, -0.2) is 62.1 Å². The topological polar surface area (TPSA) is 83.0 Å². The van der Waals surface area contributed by atoms with Crippen molar-refractivity contribution < 1.29 is 14.3 Å². The number of ether oxygens (including phenoxy) is 1. The number of hydrogen-bond donors (Lipinski definition) is 2. The summed E-state index contributed by atoms with van der Waals surface area (Å²) in [5.41, 5.74) is -0.281. The molecule has 2 amide bonds. The van der Waals surface area contributed by atoms with Crippen molar-refractivity contribution in [2.24, 2.45) is 28.7 Å². The Bertz CT molecular complexity index is 604. The second-order valence-electron chi connectivity index (χ2n) is 8.00. The maximum Gasteiger partial charge on any atom is 0.233 e. The van der Waals surface area contributed by atoms with Gasteiger partial charge >= 0.3 is 0 Å². The summed E-state index contributed by atoms with van der Waals surface area (Å²) < 4.78 is 5.38. The second-order valence-corrected chi connectivity index (χ2v) is 8.00. The molecule has 0 radical (unpaired) electrons. The largest absolute Gasteiger partial charge is 0.377 e. The van der Waals surface area contributed by atoms with Crippen LogP contribution in [0, 0.1) is 23.7 Å². The lowest BCUT2D eigenvalue weighted by atomic mass is 9.85. The summed E-state index contributed by atoms with van der Waals surface area (Å²) in [6, 6.07) is 0. The highest BCUT2D eigenvalue weighted by Crippen LogP contribution is 2.52. The number of aliphatic imine (C=N–C) groups is 1. The summed E-state index contributed by atoms with van der Waals surface area (Å²) in [6.07, 6.45) is 5.93. The van der Waals surface area contributed by atoms with Gasteiger partial charge in [0.2, 0.25) is 11.8 Å². The standard InChI is InChI=1S/C19H30N4O3.HI/c1-19(2,26-4)11-22-18(20-3)21-8-5-9-23-16(24)14-12-6-7-13(10-12)15(14)17(23)25;/h6-7,12-15H,5,8-11H2,1-4H3,(H2,20,21,22);1H. The highest BCUT2D eigenvalue weighted by atomic mass is 127. The van der Waals surface area contributed by atoms with Gasteiger partial charge in [0.1, 0.15) is 0 Å². The fourth-order valence-corrected chi connectivity index (χ4v) is 4.22. The highest BCUT2D eigenvalue weighted by Gasteiger charge is 2.58. The predicted octanol–water partition coefficient (Wildman–Crippen LogP) is 1.39. The van der Waals surface area contributed by atoms with Gasteiger partial charge in [0.25, 0.3) is 0 Å². The molecule has 8 heteroatoms. The first-order valence-electron chi connectivity index (χ1n) is 9.41. The number of guanidine groups is 1. The molecule has 7 nitrogen and oxygen atoms in total. The normalized spacial score (nSPS) is 29.2. The van der Waals surface area contributed by atoms with Gasteiger partial charge in [0.15, 0.2) is 5.96 Å². The van der Waals surface area contributed by atoms with Gasteiger partial charge in [0, 0.05) is 33.8 Å². The fourth-order valence-electron chi connectivity index (χ4n) is 4.22. The van der Waals surface area contributed by atoms with Gasteiger partial charge in [-0.2, -0.15) is 0 Å². The summed E-state index contributed by atoms with van der Waals surface area (Å²) in [4.78, 5) is 30.9. The molecule has 4 atom stereocenters. The molecule has 1 aliphatic heterocycles. The molecular formula is C19H31IN4O3. The lowest BCUT2D eigenvalue weighted by Crippen LogP contribution is -2.46. The SMILES string of the molecule is CN=C(NCCCN1C(=O)C2C3C=CC(C3)C2C1=O)NCC(C)(C)OC.I. The third-order valence-electron chi connectivity index (χ3n) is 5.87. The van der Waals surface area contributed by atoms with Gasteiger partial charge in [-0.05, 0) is 38.5 Å². The van der Waals surface area contributed by atoms with E-state index in [1.807, 2.05) is 13.8 Å². The smallest absolute Gasteiger partial charge is 0.233 e. The molecule has 1 heterocycles. The number of fused-ring (bicyclic) bond motifs is 5. The van der Waals surface area contributed by atoms with Crippen LogP contribution in [0.4, 0.5) is 0 Å². The van der Waals surface area contributed by atoms with Crippen LogP contribution in [0.3, 0.4) is 0 Å². The van der Waals surface area contributed by atoms with Crippen molar-refractivity contribution in [2.75, 3.05) is 33.8 Å². The third kappa shape index (κ3) is 4.47. The van der Waals surface area contributed by atoms with Gasteiger partial charge in [-0.15, -0.1) is 24.0 Å². The van der Waals surface area contributed by atoms with Crippen molar-refractivity contribution in [1.29, 1.82) is 0 Å². The molecule has 2 fully saturated rings. The molecule has 0 aromatic rings. The zero-order chi connectivity index (χ0) is 18.9. The molecular weight excluding hydrogens is 459 g/mol. The number of amides is 2. The summed E-state index contributed by atoms with van der Waals surface area (Å²) >= 11 is 0. The predicted molar refractivity (Wildman–Crippen MR) is 115 cm³/mol. The molecule has 1 saturated carbocycles. The van der Waals surface area contributed by atoms with E-state index in [2.05, 4.69) is 27.8 Å². The van der Waals surface area contributed by atoms with Gasteiger partial charge in [-0.3, -0.25) is 19.5 Å². The Morgan fingerprint density at radius 2 is 1.81 bits per heavy atom. The van der Waals surface area contributed by atoms with Crippen molar-refractivity contribution in [3.63, 3.8) is 0 Å². The van der Waals surface area contributed by atoms with Crippen LogP contribution in [0.2, 0.25) is 0 Å². The van der Waals surface area contributed by atoms with Crippen LogP contribution < -0.4 is 10.6 Å². The van der Waals surface area contributed by atoms with E-state index in [0.717, 1.165) is 6.42 Å². The Balaban J connectivity index is 0.00000261. The summed E-state index contributed by atoms with van der Waals surface area (Å²) in [5.74, 6) is 1.09. The Hall–Kier alpha value is -1.16. The molecule has 3 rings (SSSR count). The van der Waals surface area contributed by atoms with E-state index in [9.17, 15) is 9.59 Å². The van der Waals surface area contributed by atoms with Crippen LogP contribution >= 0.6 is 24.0 Å². The molecule has 1 saturated heterocycles. The zero-order valence-corrected chi connectivity index (χ0v) is 18.9. The van der Waals surface area contributed by atoms with E-state index in [1.54, 1.807) is 14.2 Å². The van der Waals surface area contributed by atoms with Crippen molar-refractivity contribution in [3.8, 4) is 0 Å². The van der Waals surface area contributed by atoms with E-state index >= 15 is 0 Å². The number of imide groups is 1. The van der Waals surface area contributed by atoms with E-state index in [1.165, 1.54) is 4.90 Å². The maximum atomic E-state index is 12.6. The number of methoxy groups -OCH3 is 1. The lowest BCUT2D eigenvalue weighted by Gasteiger charge is -2.24. The number of likely N-dealkylation sites (tertiary alicyclic amines) is 1. The van der Waals surface area contributed by atoms with E-state index < -0.39 is 0 Å². The highest BCUT2D eigenvalue weighted by molar-refractivity contribution is 14.0. The minimum absolute atomic E-state index is 0. The second kappa shape index (κ2) is 8.89. The number of carbonyl (C=O) groups is 2. The van der Waals surface area contributed by atoms with Crippen LogP contribution in [0.1, 0.15) is 26.7 Å². The Morgan fingerprint density at radius 1 is 1.22 bits per heavy atom. The Morgan fingerprint density at radius 3 is 2.33 bits per heavy atom. The maximum absolute atomic E-state index is 12.6. The minimum Gasteiger partial charge on any atom is -0.377 e. The first-order chi connectivity index (χ1) is 12.4. The number of allylic oxidation sites excluding steroid dienone is 2. The molecule has 0 aromatic carbocycles. The van der Waals surface area contributed by atoms with Crippen LogP contribution in [0.25, 0.3) is 0 Å². The molecule has 4 unspecified atom stereocenters. The average Bonchev–Trinajstić information content (AvgIpc) is 3.30. The number of hydrogen-bond acceptors (Lipinski definition) is 4. The third-order valence-corrected chi connectivity index (χ3v) is 5.87. The number of halogens is 1. The molecule has 2 aliphatic carbocycles. The first-order valence-corrected chi connectivity index (χ1v) is 9.41. The lowest BCUT2D eigenvalue weighted by molar-refractivity contribution is -0.140. The molecule has 27 heavy (non-hydrogen) atoms. The van der Waals surface area contributed by atoms with Gasteiger partial charge in [-0.1, -0.05) is 12.2 Å². The van der Waals surface area contributed by atoms with Gasteiger partial charge in [0.05, 0.1) is 17.4 Å². The first kappa shape index (κ1) is 22.1. The van der Waals surface area contributed by atoms with Crippen molar-refractivity contribution in [2.45, 2.75) is 32.3 Å².